The van der Waals surface area contributed by atoms with Crippen LogP contribution in [0.1, 0.15) is 40.5 Å². The Balaban J connectivity index is 2.41. The van der Waals surface area contributed by atoms with Gasteiger partial charge in [-0.1, -0.05) is 27.2 Å². The molecule has 1 rings (SSSR count). The Morgan fingerprint density at radius 1 is 1.38 bits per heavy atom. The highest BCUT2D eigenvalue weighted by Gasteiger charge is 2.27. The molecule has 0 N–H and O–H groups in total. The van der Waals surface area contributed by atoms with Crippen LogP contribution in [0.2, 0.25) is 0 Å². The van der Waals surface area contributed by atoms with Crippen molar-refractivity contribution < 1.29 is 9.47 Å². The number of hydrogen-bond acceptors (Lipinski definition) is 2. The van der Waals surface area contributed by atoms with Crippen LogP contribution in [-0.4, -0.2) is 19.0 Å². The van der Waals surface area contributed by atoms with Crippen molar-refractivity contribution in [2.24, 2.45) is 11.8 Å². The first kappa shape index (κ1) is 11.0. The summed E-state index contributed by atoms with van der Waals surface area (Å²) >= 11 is 0. The Morgan fingerprint density at radius 2 is 2.08 bits per heavy atom. The summed E-state index contributed by atoms with van der Waals surface area (Å²) in [4.78, 5) is 0. The molecule has 4 unspecified atom stereocenters. The Labute approximate surface area is 81.6 Å². The quantitative estimate of drug-likeness (QED) is 0.674. The van der Waals surface area contributed by atoms with Crippen LogP contribution < -0.4 is 0 Å². The molecule has 1 aliphatic heterocycles. The van der Waals surface area contributed by atoms with Gasteiger partial charge in [0.1, 0.15) is 0 Å². The van der Waals surface area contributed by atoms with Gasteiger partial charge in [-0.2, -0.15) is 0 Å². The second-order valence-corrected chi connectivity index (χ2v) is 4.22. The molecule has 1 saturated heterocycles. The Hall–Kier alpha value is -0.0800. The highest BCUT2D eigenvalue weighted by Crippen LogP contribution is 2.25. The third kappa shape index (κ3) is 2.96. The zero-order chi connectivity index (χ0) is 9.84. The van der Waals surface area contributed by atoms with Gasteiger partial charge < -0.3 is 9.47 Å². The van der Waals surface area contributed by atoms with E-state index in [0.29, 0.717) is 17.9 Å². The highest BCUT2D eigenvalue weighted by atomic mass is 16.7. The lowest BCUT2D eigenvalue weighted by molar-refractivity contribution is -0.235. The summed E-state index contributed by atoms with van der Waals surface area (Å²) in [5.74, 6) is 1.18. The zero-order valence-electron chi connectivity index (χ0n) is 9.25. The fourth-order valence-electron chi connectivity index (χ4n) is 1.60. The van der Waals surface area contributed by atoms with Gasteiger partial charge in [0.25, 0.3) is 0 Å². The minimum Gasteiger partial charge on any atom is -0.352 e. The average Bonchev–Trinajstić information content (AvgIpc) is 2.15. The van der Waals surface area contributed by atoms with Gasteiger partial charge >= 0.3 is 0 Å². The molecule has 0 bridgehead atoms. The molecule has 0 aromatic heterocycles. The van der Waals surface area contributed by atoms with Gasteiger partial charge in [0.2, 0.25) is 0 Å². The topological polar surface area (TPSA) is 18.5 Å². The van der Waals surface area contributed by atoms with Crippen molar-refractivity contribution in [3.8, 4) is 0 Å². The summed E-state index contributed by atoms with van der Waals surface area (Å²) in [7, 11) is 0. The molecule has 0 aromatic rings. The molecule has 2 heteroatoms. The number of hydrogen-bond donors (Lipinski definition) is 0. The molecule has 0 spiro atoms. The predicted molar refractivity (Wildman–Crippen MR) is 53.5 cm³/mol. The minimum atomic E-state index is 0.0266. The third-order valence-electron chi connectivity index (χ3n) is 3.14. The second-order valence-electron chi connectivity index (χ2n) is 4.22. The smallest absolute Gasteiger partial charge is 0.160 e. The van der Waals surface area contributed by atoms with E-state index in [-0.39, 0.29) is 6.29 Å². The number of rotatable bonds is 3. The van der Waals surface area contributed by atoms with Crippen LogP contribution in [-0.2, 0) is 9.47 Å². The zero-order valence-corrected chi connectivity index (χ0v) is 9.25. The molecule has 1 fully saturated rings. The van der Waals surface area contributed by atoms with Gasteiger partial charge in [-0.15, -0.1) is 0 Å². The van der Waals surface area contributed by atoms with Crippen molar-refractivity contribution in [3.05, 3.63) is 0 Å². The Morgan fingerprint density at radius 3 is 2.62 bits per heavy atom. The van der Waals surface area contributed by atoms with Crippen LogP contribution >= 0.6 is 0 Å². The predicted octanol–water partition coefficient (Wildman–Crippen LogP) is 2.82. The fraction of sp³-hybridized carbons (Fsp3) is 1.00. The molecule has 13 heavy (non-hydrogen) atoms. The lowest BCUT2D eigenvalue weighted by Crippen LogP contribution is -2.37. The van der Waals surface area contributed by atoms with E-state index in [1.54, 1.807) is 0 Å². The molecular formula is C11H22O2. The molecule has 0 amide bonds. The molecule has 1 aliphatic rings. The molecule has 78 valence electrons. The van der Waals surface area contributed by atoms with E-state index in [9.17, 15) is 0 Å². The first-order valence-corrected chi connectivity index (χ1v) is 5.42. The summed E-state index contributed by atoms with van der Waals surface area (Å²) in [5.41, 5.74) is 0. The highest BCUT2D eigenvalue weighted by molar-refractivity contribution is 4.68. The van der Waals surface area contributed by atoms with Crippen LogP contribution in [0.5, 0.6) is 0 Å². The van der Waals surface area contributed by atoms with Crippen molar-refractivity contribution >= 4 is 0 Å². The van der Waals surface area contributed by atoms with E-state index in [0.717, 1.165) is 13.0 Å². The molecule has 0 saturated carbocycles. The van der Waals surface area contributed by atoms with E-state index in [2.05, 4.69) is 27.7 Å². The molecular weight excluding hydrogens is 164 g/mol. The largest absolute Gasteiger partial charge is 0.352 e. The van der Waals surface area contributed by atoms with E-state index in [4.69, 9.17) is 9.47 Å². The van der Waals surface area contributed by atoms with E-state index >= 15 is 0 Å². The van der Waals surface area contributed by atoms with Crippen LogP contribution in [0.15, 0.2) is 0 Å². The molecule has 0 aliphatic carbocycles. The fourth-order valence-corrected chi connectivity index (χ4v) is 1.60. The van der Waals surface area contributed by atoms with Crippen molar-refractivity contribution in [1.82, 2.24) is 0 Å². The maximum Gasteiger partial charge on any atom is 0.160 e. The molecule has 2 nitrogen and oxygen atoms in total. The van der Waals surface area contributed by atoms with Gasteiger partial charge in [-0.3, -0.25) is 0 Å². The van der Waals surface area contributed by atoms with Gasteiger partial charge in [0.05, 0.1) is 12.7 Å². The molecule has 1 heterocycles. The van der Waals surface area contributed by atoms with Crippen LogP contribution in [0.3, 0.4) is 0 Å². The summed E-state index contributed by atoms with van der Waals surface area (Å²) in [6, 6.07) is 0. The van der Waals surface area contributed by atoms with Crippen molar-refractivity contribution in [1.29, 1.82) is 0 Å². The van der Waals surface area contributed by atoms with Crippen molar-refractivity contribution in [2.45, 2.75) is 52.9 Å². The van der Waals surface area contributed by atoms with Crippen LogP contribution in [0, 0.1) is 11.8 Å². The van der Waals surface area contributed by atoms with Gasteiger partial charge in [-0.05, 0) is 19.3 Å². The normalized spacial score (nSPS) is 34.2. The van der Waals surface area contributed by atoms with Crippen LogP contribution in [0.25, 0.3) is 0 Å². The summed E-state index contributed by atoms with van der Waals surface area (Å²) in [5, 5.41) is 0. The summed E-state index contributed by atoms with van der Waals surface area (Å²) < 4.78 is 11.4. The van der Waals surface area contributed by atoms with Gasteiger partial charge in [-0.25, -0.2) is 0 Å². The monoisotopic (exact) mass is 186 g/mol. The van der Waals surface area contributed by atoms with Crippen molar-refractivity contribution in [3.63, 3.8) is 0 Å². The van der Waals surface area contributed by atoms with E-state index in [1.165, 1.54) is 6.42 Å². The average molecular weight is 186 g/mol. The lowest BCUT2D eigenvalue weighted by atomic mass is 9.92. The SMILES string of the molecule is CCC(C)C(C)C1OCCC(C)O1. The Bertz CT molecular complexity index is 147. The van der Waals surface area contributed by atoms with Crippen LogP contribution in [0.4, 0.5) is 0 Å². The molecule has 0 aromatic carbocycles. The summed E-state index contributed by atoms with van der Waals surface area (Å²) in [6.45, 7) is 9.67. The summed E-state index contributed by atoms with van der Waals surface area (Å²) in [6.07, 6.45) is 2.62. The van der Waals surface area contributed by atoms with E-state index < -0.39 is 0 Å². The number of ether oxygens (including phenoxy) is 2. The second kappa shape index (κ2) is 4.97. The standard InChI is InChI=1S/C11H22O2/c1-5-8(2)10(4)11-12-7-6-9(3)13-11/h8-11H,5-7H2,1-4H3. The van der Waals surface area contributed by atoms with Gasteiger partial charge in [0, 0.05) is 5.92 Å². The maximum absolute atomic E-state index is 5.75. The first-order valence-electron chi connectivity index (χ1n) is 5.42. The first-order chi connectivity index (χ1) is 6.15. The van der Waals surface area contributed by atoms with Gasteiger partial charge in [0.15, 0.2) is 6.29 Å². The third-order valence-corrected chi connectivity index (χ3v) is 3.14. The molecule has 0 radical (unpaired) electrons. The molecule has 4 atom stereocenters. The minimum absolute atomic E-state index is 0.0266. The maximum atomic E-state index is 5.75. The van der Waals surface area contributed by atoms with E-state index in [1.807, 2.05) is 0 Å². The van der Waals surface area contributed by atoms with Crippen molar-refractivity contribution in [2.75, 3.05) is 6.61 Å². The lowest BCUT2D eigenvalue weighted by Gasteiger charge is -2.34. The Kier molecular flexibility index (Phi) is 4.20.